The molecule has 4 nitrogen and oxygen atoms in total. The number of aryl methyl sites for hydroxylation is 3. The average molecular weight is 282 g/mol. The van der Waals surface area contributed by atoms with Crippen molar-refractivity contribution in [2.45, 2.75) is 45.7 Å². The maximum Gasteiger partial charge on any atom is 0.143 e. The molecule has 0 aliphatic carbocycles. The van der Waals surface area contributed by atoms with Gasteiger partial charge in [0.25, 0.3) is 0 Å². The third-order valence-corrected chi connectivity index (χ3v) is 5.00. The van der Waals surface area contributed by atoms with Crippen molar-refractivity contribution in [3.8, 4) is 0 Å². The van der Waals surface area contributed by atoms with Crippen LogP contribution < -0.4 is 0 Å². The number of hydrogen-bond acceptors (Lipinski definition) is 5. The van der Waals surface area contributed by atoms with Crippen LogP contribution in [0.4, 0.5) is 0 Å². The van der Waals surface area contributed by atoms with Crippen LogP contribution in [0.5, 0.6) is 0 Å². The lowest BCUT2D eigenvalue weighted by Crippen LogP contribution is -2.02. The topological polar surface area (TPSA) is 43.6 Å². The van der Waals surface area contributed by atoms with Crippen molar-refractivity contribution in [1.29, 1.82) is 0 Å². The monoisotopic (exact) mass is 282 g/mol. The first-order valence-corrected chi connectivity index (χ1v) is 7.98. The van der Waals surface area contributed by atoms with Gasteiger partial charge in [-0.25, -0.2) is 4.98 Å². The molecule has 0 fully saturated rings. The number of nitrogens with zero attached hydrogens (tertiary/aromatic N) is 4. The van der Waals surface area contributed by atoms with Gasteiger partial charge in [0, 0.05) is 17.2 Å². The normalized spacial score (nSPS) is 11.1. The molecule has 0 saturated heterocycles. The first-order valence-electron chi connectivity index (χ1n) is 6.01. The molecule has 18 heavy (non-hydrogen) atoms. The Morgan fingerprint density at radius 1 is 1.17 bits per heavy atom. The second kappa shape index (κ2) is 5.84. The van der Waals surface area contributed by atoms with E-state index < -0.39 is 0 Å². The number of hydrogen-bond donors (Lipinski definition) is 0. The Morgan fingerprint density at radius 3 is 2.56 bits per heavy atom. The lowest BCUT2D eigenvalue weighted by atomic mass is 10.4. The number of thioether (sulfide) groups is 1. The summed E-state index contributed by atoms with van der Waals surface area (Å²) < 4.78 is 2.16. The van der Waals surface area contributed by atoms with E-state index in [0.29, 0.717) is 0 Å². The van der Waals surface area contributed by atoms with Crippen LogP contribution in [0.3, 0.4) is 0 Å². The molecule has 6 heteroatoms. The van der Waals surface area contributed by atoms with Gasteiger partial charge in [-0.1, -0.05) is 0 Å². The lowest BCUT2D eigenvalue weighted by molar-refractivity contribution is 0.701. The number of rotatable bonds is 5. The highest BCUT2D eigenvalue weighted by Gasteiger charge is 2.09. The van der Waals surface area contributed by atoms with E-state index in [0.717, 1.165) is 40.4 Å². The van der Waals surface area contributed by atoms with Crippen molar-refractivity contribution in [1.82, 2.24) is 19.7 Å². The van der Waals surface area contributed by atoms with Gasteiger partial charge in [-0.2, -0.15) is 0 Å². The van der Waals surface area contributed by atoms with E-state index in [1.807, 2.05) is 18.7 Å². The van der Waals surface area contributed by atoms with Gasteiger partial charge in [0.1, 0.15) is 11.6 Å². The molecular formula is C12H18N4S2. The van der Waals surface area contributed by atoms with E-state index in [-0.39, 0.29) is 0 Å². The van der Waals surface area contributed by atoms with E-state index in [2.05, 4.69) is 40.5 Å². The van der Waals surface area contributed by atoms with Crippen LogP contribution in [0.25, 0.3) is 0 Å². The minimum atomic E-state index is 0.908. The molecule has 0 N–H and O–H groups in total. The van der Waals surface area contributed by atoms with Gasteiger partial charge < -0.3 is 4.57 Å². The van der Waals surface area contributed by atoms with Crippen LogP contribution in [-0.2, 0) is 18.1 Å². The van der Waals surface area contributed by atoms with Crippen molar-refractivity contribution in [3.63, 3.8) is 0 Å². The summed E-state index contributed by atoms with van der Waals surface area (Å²) in [5.74, 6) is 3.98. The largest absolute Gasteiger partial charge is 0.315 e. The molecule has 0 saturated carbocycles. The highest BCUT2D eigenvalue weighted by Crippen LogP contribution is 2.24. The van der Waals surface area contributed by atoms with E-state index in [9.17, 15) is 0 Å². The first-order chi connectivity index (χ1) is 8.61. The van der Waals surface area contributed by atoms with E-state index >= 15 is 0 Å². The molecule has 0 radical (unpaired) electrons. The zero-order valence-electron chi connectivity index (χ0n) is 11.2. The zero-order chi connectivity index (χ0) is 13.1. The molecule has 98 valence electrons. The van der Waals surface area contributed by atoms with Gasteiger partial charge in [-0.05, 0) is 27.7 Å². The third-order valence-electron chi connectivity index (χ3n) is 2.79. The van der Waals surface area contributed by atoms with Crippen molar-refractivity contribution >= 4 is 23.1 Å². The molecule has 0 spiro atoms. The van der Waals surface area contributed by atoms with Crippen LogP contribution in [0.2, 0.25) is 0 Å². The Hall–Kier alpha value is -0.880. The summed E-state index contributed by atoms with van der Waals surface area (Å²) in [5, 5.41) is 9.50. The summed E-state index contributed by atoms with van der Waals surface area (Å²) >= 11 is 3.67. The van der Waals surface area contributed by atoms with Gasteiger partial charge in [0.05, 0.1) is 16.5 Å². The van der Waals surface area contributed by atoms with Crippen LogP contribution >= 0.6 is 23.1 Å². The van der Waals surface area contributed by atoms with Gasteiger partial charge >= 0.3 is 0 Å². The van der Waals surface area contributed by atoms with E-state index in [1.165, 1.54) is 4.88 Å². The predicted molar refractivity (Wildman–Crippen MR) is 77.0 cm³/mol. The van der Waals surface area contributed by atoms with Crippen LogP contribution in [0.15, 0.2) is 0 Å². The molecule has 0 aliphatic heterocycles. The Morgan fingerprint density at radius 2 is 1.94 bits per heavy atom. The smallest absolute Gasteiger partial charge is 0.143 e. The first kappa shape index (κ1) is 13.5. The second-order valence-electron chi connectivity index (χ2n) is 4.14. The maximum atomic E-state index is 4.45. The molecule has 2 heterocycles. The second-order valence-corrected chi connectivity index (χ2v) is 6.42. The van der Waals surface area contributed by atoms with E-state index in [4.69, 9.17) is 0 Å². The van der Waals surface area contributed by atoms with Crippen molar-refractivity contribution in [3.05, 3.63) is 27.2 Å². The van der Waals surface area contributed by atoms with Gasteiger partial charge in [-0.3, -0.25) is 0 Å². The molecule has 0 bridgehead atoms. The zero-order valence-corrected chi connectivity index (χ0v) is 12.9. The van der Waals surface area contributed by atoms with E-state index in [1.54, 1.807) is 11.3 Å². The third kappa shape index (κ3) is 2.92. The lowest BCUT2D eigenvalue weighted by Gasteiger charge is -2.04. The maximum absolute atomic E-state index is 4.45. The Bertz CT molecular complexity index is 530. The highest BCUT2D eigenvalue weighted by atomic mass is 32.2. The number of aromatic nitrogens is 4. The van der Waals surface area contributed by atoms with Crippen LogP contribution in [0, 0.1) is 20.8 Å². The minimum Gasteiger partial charge on any atom is -0.315 e. The molecule has 0 unspecified atom stereocenters. The molecule has 0 aliphatic rings. The van der Waals surface area contributed by atoms with Gasteiger partial charge in [0.15, 0.2) is 0 Å². The average Bonchev–Trinajstić information content (AvgIpc) is 2.83. The summed E-state index contributed by atoms with van der Waals surface area (Å²) in [6.45, 7) is 9.21. The molecule has 2 aromatic heterocycles. The van der Waals surface area contributed by atoms with Crippen LogP contribution in [0.1, 0.15) is 34.2 Å². The van der Waals surface area contributed by atoms with Gasteiger partial charge in [-0.15, -0.1) is 33.3 Å². The Kier molecular flexibility index (Phi) is 4.40. The van der Waals surface area contributed by atoms with Gasteiger partial charge in [0.2, 0.25) is 0 Å². The Labute approximate surface area is 116 Å². The fourth-order valence-electron chi connectivity index (χ4n) is 1.89. The molecule has 0 amide bonds. The standard InChI is InChI=1S/C12H18N4S2/c1-5-16-9(3)14-15-12(16)7-17-6-11-8(2)13-10(4)18-11/h5-7H2,1-4H3. The van der Waals surface area contributed by atoms with Crippen molar-refractivity contribution in [2.24, 2.45) is 0 Å². The summed E-state index contributed by atoms with van der Waals surface area (Å²) in [4.78, 5) is 5.82. The fraction of sp³-hybridized carbons (Fsp3) is 0.583. The molecule has 0 aromatic carbocycles. The predicted octanol–water partition coefficient (Wildman–Crippen LogP) is 3.11. The minimum absolute atomic E-state index is 0.908. The molecule has 0 atom stereocenters. The molecular weight excluding hydrogens is 264 g/mol. The quantitative estimate of drug-likeness (QED) is 0.845. The van der Waals surface area contributed by atoms with Crippen LogP contribution in [-0.4, -0.2) is 19.7 Å². The summed E-state index contributed by atoms with van der Waals surface area (Å²) in [6.07, 6.45) is 0. The SMILES string of the molecule is CCn1c(C)nnc1CSCc1sc(C)nc1C. The van der Waals surface area contributed by atoms with Crippen molar-refractivity contribution in [2.75, 3.05) is 0 Å². The summed E-state index contributed by atoms with van der Waals surface area (Å²) in [7, 11) is 0. The number of thiazole rings is 1. The molecule has 2 aromatic rings. The fourth-order valence-corrected chi connectivity index (χ4v) is 4.00. The Balaban J connectivity index is 1.94. The highest BCUT2D eigenvalue weighted by molar-refractivity contribution is 7.97. The molecule has 2 rings (SSSR count). The summed E-state index contributed by atoms with van der Waals surface area (Å²) in [6, 6.07) is 0. The van der Waals surface area contributed by atoms with Crippen molar-refractivity contribution < 1.29 is 0 Å². The summed E-state index contributed by atoms with van der Waals surface area (Å²) in [5.41, 5.74) is 1.16.